The summed E-state index contributed by atoms with van der Waals surface area (Å²) in [5.41, 5.74) is 1.92. The molecule has 4 rings (SSSR count). The predicted molar refractivity (Wildman–Crippen MR) is 129 cm³/mol. The Morgan fingerprint density at radius 2 is 1.79 bits per heavy atom. The SMILES string of the molecule is CCOc1ccc(-c2c(C)sc3ncn(CC(=O)c4ccc(OC)c(OC)c4)c(=O)c23)cc1. The molecule has 2 heterocycles. The molecule has 7 nitrogen and oxygen atoms in total. The van der Waals surface area contributed by atoms with Crippen LogP contribution >= 0.6 is 11.3 Å². The van der Waals surface area contributed by atoms with Crippen molar-refractivity contribution < 1.29 is 19.0 Å². The Bertz CT molecular complexity index is 1370. The summed E-state index contributed by atoms with van der Waals surface area (Å²) in [7, 11) is 3.04. The summed E-state index contributed by atoms with van der Waals surface area (Å²) < 4.78 is 17.4. The molecule has 0 atom stereocenters. The molecular formula is C25H24N2O5S. The van der Waals surface area contributed by atoms with Gasteiger partial charge in [-0.25, -0.2) is 4.98 Å². The Balaban J connectivity index is 1.72. The van der Waals surface area contributed by atoms with E-state index in [9.17, 15) is 9.59 Å². The molecule has 0 fully saturated rings. The van der Waals surface area contributed by atoms with Crippen LogP contribution in [0, 0.1) is 6.92 Å². The average Bonchev–Trinajstić information content (AvgIpc) is 3.17. The Kier molecular flexibility index (Phi) is 6.46. The lowest BCUT2D eigenvalue weighted by molar-refractivity contribution is 0.0970. The molecule has 0 unspecified atom stereocenters. The number of rotatable bonds is 8. The van der Waals surface area contributed by atoms with Crippen molar-refractivity contribution in [3.05, 3.63) is 69.6 Å². The fraction of sp³-hybridized carbons (Fsp3) is 0.240. The maximum absolute atomic E-state index is 13.4. The van der Waals surface area contributed by atoms with Crippen LogP contribution in [-0.2, 0) is 6.54 Å². The van der Waals surface area contributed by atoms with Gasteiger partial charge in [-0.3, -0.25) is 14.2 Å². The summed E-state index contributed by atoms with van der Waals surface area (Å²) in [6.45, 7) is 4.36. The van der Waals surface area contributed by atoms with Crippen molar-refractivity contribution >= 4 is 27.3 Å². The lowest BCUT2D eigenvalue weighted by Gasteiger charge is -2.10. The van der Waals surface area contributed by atoms with Crippen LogP contribution in [0.3, 0.4) is 0 Å². The number of thiophene rings is 1. The fourth-order valence-electron chi connectivity index (χ4n) is 3.74. The molecule has 2 aromatic heterocycles. The van der Waals surface area contributed by atoms with Crippen LogP contribution in [0.5, 0.6) is 17.2 Å². The number of hydrogen-bond acceptors (Lipinski definition) is 7. The van der Waals surface area contributed by atoms with E-state index in [0.29, 0.717) is 33.9 Å². The van der Waals surface area contributed by atoms with Crippen molar-refractivity contribution in [1.82, 2.24) is 9.55 Å². The summed E-state index contributed by atoms with van der Waals surface area (Å²) in [5.74, 6) is 1.53. The van der Waals surface area contributed by atoms with Gasteiger partial charge in [0.15, 0.2) is 17.3 Å². The van der Waals surface area contributed by atoms with Gasteiger partial charge in [0.25, 0.3) is 5.56 Å². The van der Waals surface area contributed by atoms with Gasteiger partial charge in [-0.05, 0) is 49.7 Å². The number of ketones is 1. The highest BCUT2D eigenvalue weighted by Gasteiger charge is 2.19. The summed E-state index contributed by atoms with van der Waals surface area (Å²) in [6, 6.07) is 12.6. The normalized spacial score (nSPS) is 10.9. The molecule has 4 aromatic rings. The quantitative estimate of drug-likeness (QED) is 0.351. The van der Waals surface area contributed by atoms with Crippen molar-refractivity contribution in [2.45, 2.75) is 20.4 Å². The van der Waals surface area contributed by atoms with Gasteiger partial charge in [0.05, 0.1) is 39.1 Å². The third-order valence-corrected chi connectivity index (χ3v) is 6.34. The van der Waals surface area contributed by atoms with E-state index in [1.165, 1.54) is 36.5 Å². The van der Waals surface area contributed by atoms with Crippen molar-refractivity contribution in [1.29, 1.82) is 0 Å². The van der Waals surface area contributed by atoms with Crippen molar-refractivity contribution in [3.63, 3.8) is 0 Å². The number of aromatic nitrogens is 2. The van der Waals surface area contributed by atoms with Gasteiger partial charge in [-0.15, -0.1) is 11.3 Å². The number of methoxy groups -OCH3 is 2. The molecule has 170 valence electrons. The number of Topliss-reactive ketones (excluding diaryl/α,β-unsaturated/α-hetero) is 1. The minimum atomic E-state index is -0.248. The molecular weight excluding hydrogens is 440 g/mol. The minimum Gasteiger partial charge on any atom is -0.494 e. The highest BCUT2D eigenvalue weighted by Crippen LogP contribution is 2.36. The van der Waals surface area contributed by atoms with E-state index in [0.717, 1.165) is 21.8 Å². The number of benzene rings is 2. The van der Waals surface area contributed by atoms with E-state index >= 15 is 0 Å². The zero-order chi connectivity index (χ0) is 23.5. The molecule has 0 aliphatic heterocycles. The van der Waals surface area contributed by atoms with Crippen LogP contribution in [0.2, 0.25) is 0 Å². The lowest BCUT2D eigenvalue weighted by atomic mass is 10.0. The second kappa shape index (κ2) is 9.46. The summed E-state index contributed by atoms with van der Waals surface area (Å²) >= 11 is 1.46. The number of hydrogen-bond donors (Lipinski definition) is 0. The van der Waals surface area contributed by atoms with E-state index in [2.05, 4.69) is 4.98 Å². The minimum absolute atomic E-state index is 0.130. The predicted octanol–water partition coefficient (Wildman–Crippen LogP) is 4.73. The fourth-order valence-corrected chi connectivity index (χ4v) is 4.74. The molecule has 0 aliphatic rings. The van der Waals surface area contributed by atoms with E-state index < -0.39 is 0 Å². The molecule has 0 radical (unpaired) electrons. The van der Waals surface area contributed by atoms with Gasteiger partial charge < -0.3 is 14.2 Å². The van der Waals surface area contributed by atoms with Gasteiger partial charge in [-0.2, -0.15) is 0 Å². The van der Waals surface area contributed by atoms with E-state index in [1.807, 2.05) is 38.1 Å². The molecule has 33 heavy (non-hydrogen) atoms. The number of aryl methyl sites for hydroxylation is 1. The number of carbonyl (C=O) groups excluding carboxylic acids is 1. The third-order valence-electron chi connectivity index (χ3n) is 5.33. The first kappa shape index (κ1) is 22.5. The van der Waals surface area contributed by atoms with Crippen LogP contribution in [0.1, 0.15) is 22.2 Å². The zero-order valence-corrected chi connectivity index (χ0v) is 19.7. The first-order valence-electron chi connectivity index (χ1n) is 10.4. The molecule has 0 amide bonds. The molecule has 8 heteroatoms. The van der Waals surface area contributed by atoms with Crippen LogP contribution < -0.4 is 19.8 Å². The van der Waals surface area contributed by atoms with E-state index in [4.69, 9.17) is 14.2 Å². The number of ether oxygens (including phenoxy) is 3. The van der Waals surface area contributed by atoms with Gasteiger partial charge in [0.1, 0.15) is 10.6 Å². The van der Waals surface area contributed by atoms with Gasteiger partial charge in [0.2, 0.25) is 0 Å². The van der Waals surface area contributed by atoms with E-state index in [1.54, 1.807) is 18.2 Å². The smallest absolute Gasteiger partial charge is 0.263 e. The molecule has 0 saturated carbocycles. The summed E-state index contributed by atoms with van der Waals surface area (Å²) in [5, 5.41) is 0.518. The second-order valence-corrected chi connectivity index (χ2v) is 8.54. The highest BCUT2D eigenvalue weighted by atomic mass is 32.1. The molecule has 0 saturated heterocycles. The highest BCUT2D eigenvalue weighted by molar-refractivity contribution is 7.19. The number of carbonyl (C=O) groups is 1. The monoisotopic (exact) mass is 464 g/mol. The van der Waals surface area contributed by atoms with Crippen LogP contribution in [0.4, 0.5) is 0 Å². The lowest BCUT2D eigenvalue weighted by Crippen LogP contribution is -2.24. The third kappa shape index (κ3) is 4.34. The van der Waals surface area contributed by atoms with Crippen molar-refractivity contribution in [2.75, 3.05) is 20.8 Å². The molecule has 0 bridgehead atoms. The van der Waals surface area contributed by atoms with E-state index in [-0.39, 0.29) is 17.9 Å². The summed E-state index contributed by atoms with van der Waals surface area (Å²) in [4.78, 5) is 32.4. The van der Waals surface area contributed by atoms with Gasteiger partial charge >= 0.3 is 0 Å². The largest absolute Gasteiger partial charge is 0.494 e. The maximum atomic E-state index is 13.4. The molecule has 0 spiro atoms. The standard InChI is InChI=1S/C25H24N2O5S/c1-5-32-18-9-6-16(7-10-18)22-15(2)33-24-23(22)25(29)27(14-26-24)13-19(28)17-8-11-20(30-3)21(12-17)31-4/h6-12,14H,5,13H2,1-4H3. The molecule has 0 aliphatic carbocycles. The van der Waals surface area contributed by atoms with Gasteiger partial charge in [-0.1, -0.05) is 12.1 Å². The van der Waals surface area contributed by atoms with Crippen molar-refractivity contribution in [3.8, 4) is 28.4 Å². The summed E-state index contributed by atoms with van der Waals surface area (Å²) in [6.07, 6.45) is 1.43. The zero-order valence-electron chi connectivity index (χ0n) is 18.9. The van der Waals surface area contributed by atoms with Gasteiger partial charge in [0, 0.05) is 16.0 Å². The average molecular weight is 465 g/mol. The number of nitrogens with zero attached hydrogens (tertiary/aromatic N) is 2. The first-order valence-corrected chi connectivity index (χ1v) is 11.3. The Morgan fingerprint density at radius 1 is 1.06 bits per heavy atom. The Morgan fingerprint density at radius 3 is 2.45 bits per heavy atom. The number of fused-ring (bicyclic) bond motifs is 1. The Hall–Kier alpha value is -3.65. The Labute approximate surface area is 195 Å². The van der Waals surface area contributed by atoms with Crippen LogP contribution in [0.15, 0.2) is 53.6 Å². The maximum Gasteiger partial charge on any atom is 0.263 e. The van der Waals surface area contributed by atoms with Crippen LogP contribution in [-0.4, -0.2) is 36.2 Å². The first-order chi connectivity index (χ1) is 16.0. The molecule has 2 aromatic carbocycles. The molecule has 0 N–H and O–H groups in total. The topological polar surface area (TPSA) is 79.7 Å². The van der Waals surface area contributed by atoms with Crippen LogP contribution in [0.25, 0.3) is 21.3 Å². The van der Waals surface area contributed by atoms with Crippen molar-refractivity contribution in [2.24, 2.45) is 0 Å². The second-order valence-electron chi connectivity index (χ2n) is 7.34.